The summed E-state index contributed by atoms with van der Waals surface area (Å²) in [7, 11) is 0. The lowest BCUT2D eigenvalue weighted by Gasteiger charge is -2.25. The van der Waals surface area contributed by atoms with E-state index in [-0.39, 0.29) is 11.6 Å². The Kier molecular flexibility index (Phi) is 5.16. The van der Waals surface area contributed by atoms with Crippen LogP contribution in [0.25, 0.3) is 0 Å². The van der Waals surface area contributed by atoms with Crippen LogP contribution < -0.4 is 10.9 Å². The third-order valence-corrected chi connectivity index (χ3v) is 5.04. The van der Waals surface area contributed by atoms with E-state index in [9.17, 15) is 22.8 Å². The predicted molar refractivity (Wildman–Crippen MR) is 87.5 cm³/mol. The van der Waals surface area contributed by atoms with Crippen LogP contribution in [0.2, 0.25) is 4.34 Å². The Balaban J connectivity index is 1.81. The van der Waals surface area contributed by atoms with Crippen molar-refractivity contribution in [2.24, 2.45) is 0 Å². The molecule has 5 nitrogen and oxygen atoms in total. The highest BCUT2D eigenvalue weighted by molar-refractivity contribution is 7.18. The third kappa shape index (κ3) is 3.88. The smallest absolute Gasteiger partial charge is 0.286 e. The lowest BCUT2D eigenvalue weighted by Crippen LogP contribution is -2.26. The van der Waals surface area contributed by atoms with E-state index in [4.69, 9.17) is 16.3 Å². The number of thiophene rings is 1. The van der Waals surface area contributed by atoms with Gasteiger partial charge in [0.1, 0.15) is 0 Å². The minimum atomic E-state index is -2.83. The first-order chi connectivity index (χ1) is 11.8. The quantitative estimate of drug-likeness (QED) is 0.849. The van der Waals surface area contributed by atoms with Crippen LogP contribution in [-0.4, -0.2) is 30.1 Å². The van der Waals surface area contributed by atoms with E-state index in [2.05, 4.69) is 5.32 Å². The van der Waals surface area contributed by atoms with Gasteiger partial charge >= 0.3 is 0 Å². The zero-order valence-corrected chi connectivity index (χ0v) is 14.2. The van der Waals surface area contributed by atoms with E-state index in [1.165, 1.54) is 0 Å². The van der Waals surface area contributed by atoms with Gasteiger partial charge in [0, 0.05) is 18.2 Å². The van der Waals surface area contributed by atoms with E-state index in [1.807, 2.05) is 0 Å². The van der Waals surface area contributed by atoms with Crippen LogP contribution in [0.5, 0.6) is 0 Å². The van der Waals surface area contributed by atoms with Crippen LogP contribution in [0, 0.1) is 5.82 Å². The van der Waals surface area contributed by atoms with Crippen LogP contribution in [-0.2, 0) is 11.3 Å². The summed E-state index contributed by atoms with van der Waals surface area (Å²) in [5.41, 5.74) is -0.470. The van der Waals surface area contributed by atoms with Gasteiger partial charge in [0.25, 0.3) is 17.9 Å². The van der Waals surface area contributed by atoms with Crippen molar-refractivity contribution >= 4 is 34.5 Å². The van der Waals surface area contributed by atoms with Gasteiger partial charge in [-0.1, -0.05) is 11.6 Å². The highest BCUT2D eigenvalue weighted by Crippen LogP contribution is 2.36. The SMILES string of the molecule is O=C(Nc1cc(F)c(=O)n(CC(F)F)c1)c1cc(C2COC2)c(Cl)s1. The fraction of sp³-hybridized carbons (Fsp3) is 0.333. The molecule has 0 saturated carbocycles. The lowest BCUT2D eigenvalue weighted by atomic mass is 10.0. The third-order valence-electron chi connectivity index (χ3n) is 3.65. The first kappa shape index (κ1) is 18.0. The zero-order valence-electron chi connectivity index (χ0n) is 12.6. The van der Waals surface area contributed by atoms with Crippen molar-refractivity contribution in [3.05, 3.63) is 49.3 Å². The van der Waals surface area contributed by atoms with Gasteiger partial charge in [-0.05, 0) is 11.6 Å². The molecule has 0 radical (unpaired) electrons. The Hall–Kier alpha value is -1.84. The number of carbonyl (C=O) groups excluding carboxylic acids is 1. The number of pyridine rings is 1. The van der Waals surface area contributed by atoms with E-state index < -0.39 is 30.3 Å². The maximum atomic E-state index is 13.6. The van der Waals surface area contributed by atoms with Gasteiger partial charge in [0.2, 0.25) is 0 Å². The van der Waals surface area contributed by atoms with Crippen molar-refractivity contribution in [3.63, 3.8) is 0 Å². The summed E-state index contributed by atoms with van der Waals surface area (Å²) in [6.07, 6.45) is -1.85. The summed E-state index contributed by atoms with van der Waals surface area (Å²) >= 11 is 7.18. The molecule has 0 bridgehead atoms. The van der Waals surface area contributed by atoms with Gasteiger partial charge in [-0.15, -0.1) is 11.3 Å². The van der Waals surface area contributed by atoms with Crippen molar-refractivity contribution in [3.8, 4) is 0 Å². The zero-order chi connectivity index (χ0) is 18.1. The molecule has 0 atom stereocenters. The molecule has 2 aromatic heterocycles. The summed E-state index contributed by atoms with van der Waals surface area (Å²) in [5, 5.41) is 2.39. The lowest BCUT2D eigenvalue weighted by molar-refractivity contribution is 0.00861. The number of carbonyl (C=O) groups is 1. The number of nitrogens with one attached hydrogen (secondary N) is 1. The molecular formula is C15H12ClF3N2O3S. The molecule has 2 aromatic rings. The average Bonchev–Trinajstić information content (AvgIpc) is 2.84. The van der Waals surface area contributed by atoms with Gasteiger partial charge in [-0.3, -0.25) is 9.59 Å². The molecule has 1 aliphatic heterocycles. The van der Waals surface area contributed by atoms with Crippen molar-refractivity contribution in [2.75, 3.05) is 18.5 Å². The van der Waals surface area contributed by atoms with Crippen molar-refractivity contribution < 1.29 is 22.7 Å². The molecule has 3 heterocycles. The number of alkyl halides is 2. The number of rotatable bonds is 5. The second-order valence-corrected chi connectivity index (χ2v) is 7.11. The first-order valence-electron chi connectivity index (χ1n) is 7.21. The van der Waals surface area contributed by atoms with Gasteiger partial charge in [0.15, 0.2) is 5.82 Å². The van der Waals surface area contributed by atoms with E-state index in [1.54, 1.807) is 6.07 Å². The molecule has 25 heavy (non-hydrogen) atoms. The molecule has 1 amide bonds. The van der Waals surface area contributed by atoms with Gasteiger partial charge in [-0.25, -0.2) is 13.2 Å². The fourth-order valence-corrected chi connectivity index (χ4v) is 3.66. The molecular weight excluding hydrogens is 381 g/mol. The number of aromatic nitrogens is 1. The molecule has 1 saturated heterocycles. The highest BCUT2D eigenvalue weighted by atomic mass is 35.5. The van der Waals surface area contributed by atoms with E-state index in [0.717, 1.165) is 29.2 Å². The fourth-order valence-electron chi connectivity index (χ4n) is 2.33. The topological polar surface area (TPSA) is 60.3 Å². The predicted octanol–water partition coefficient (Wildman–Crippen LogP) is 3.33. The maximum absolute atomic E-state index is 13.6. The molecule has 0 aliphatic carbocycles. The van der Waals surface area contributed by atoms with Crippen LogP contribution in [0.1, 0.15) is 21.2 Å². The van der Waals surface area contributed by atoms with Gasteiger partial charge in [0.05, 0.1) is 34.7 Å². The monoisotopic (exact) mass is 392 g/mol. The summed E-state index contributed by atoms with van der Waals surface area (Å²) in [6, 6.07) is 2.42. The molecule has 134 valence electrons. The minimum Gasteiger partial charge on any atom is -0.380 e. The van der Waals surface area contributed by atoms with Gasteiger partial charge < -0.3 is 14.6 Å². The minimum absolute atomic E-state index is 0.0965. The number of hydrogen-bond acceptors (Lipinski definition) is 4. The van der Waals surface area contributed by atoms with E-state index in [0.29, 0.717) is 27.0 Å². The average molecular weight is 393 g/mol. The Morgan fingerprint density at radius 2 is 2.16 bits per heavy atom. The van der Waals surface area contributed by atoms with Crippen LogP contribution in [0.4, 0.5) is 18.9 Å². The van der Waals surface area contributed by atoms with Crippen molar-refractivity contribution in [2.45, 2.75) is 18.9 Å². The Morgan fingerprint density at radius 1 is 1.44 bits per heavy atom. The Labute approximate surface area is 149 Å². The Bertz CT molecular complexity index is 864. The summed E-state index contributed by atoms with van der Waals surface area (Å²) in [4.78, 5) is 24.1. The number of nitrogens with zero attached hydrogens (tertiary/aromatic N) is 1. The number of halogens is 4. The molecule has 10 heteroatoms. The molecule has 0 aromatic carbocycles. The van der Waals surface area contributed by atoms with Crippen molar-refractivity contribution in [1.82, 2.24) is 4.57 Å². The van der Waals surface area contributed by atoms with Gasteiger partial charge in [-0.2, -0.15) is 0 Å². The second-order valence-electron chi connectivity index (χ2n) is 5.45. The second kappa shape index (κ2) is 7.19. The number of hydrogen-bond donors (Lipinski definition) is 1. The maximum Gasteiger partial charge on any atom is 0.286 e. The molecule has 1 N–H and O–H groups in total. The summed E-state index contributed by atoms with van der Waals surface area (Å²) < 4.78 is 44.6. The molecule has 1 fully saturated rings. The van der Waals surface area contributed by atoms with Crippen molar-refractivity contribution in [1.29, 1.82) is 0 Å². The molecule has 3 rings (SSSR count). The largest absolute Gasteiger partial charge is 0.380 e. The highest BCUT2D eigenvalue weighted by Gasteiger charge is 2.26. The molecule has 1 aliphatic rings. The Morgan fingerprint density at radius 3 is 2.76 bits per heavy atom. The standard InChI is InChI=1S/C15H12ClF3N2O3S/c16-13-9(7-5-24-6-7)2-11(25-13)14(22)20-8-1-10(17)15(23)21(3-8)4-12(18)19/h1-3,7,12H,4-6H2,(H,20,22). The number of ether oxygens (including phenoxy) is 1. The molecule has 0 unspecified atom stereocenters. The van der Waals surface area contributed by atoms with Crippen LogP contribution >= 0.6 is 22.9 Å². The normalized spacial score (nSPS) is 14.6. The molecule has 0 spiro atoms. The van der Waals surface area contributed by atoms with Crippen LogP contribution in [0.15, 0.2) is 23.1 Å². The number of amides is 1. The van der Waals surface area contributed by atoms with E-state index >= 15 is 0 Å². The summed E-state index contributed by atoms with van der Waals surface area (Å²) in [6.45, 7) is 0.0960. The first-order valence-corrected chi connectivity index (χ1v) is 8.41. The summed E-state index contributed by atoms with van der Waals surface area (Å²) in [5.74, 6) is -1.66. The number of anilines is 1. The van der Waals surface area contributed by atoms with Crippen LogP contribution in [0.3, 0.4) is 0 Å².